The van der Waals surface area contributed by atoms with Crippen LogP contribution in [0.2, 0.25) is 0 Å². The molecule has 1 aliphatic rings. The lowest BCUT2D eigenvalue weighted by Gasteiger charge is -2.26. The Morgan fingerprint density at radius 1 is 1.00 bits per heavy atom. The summed E-state index contributed by atoms with van der Waals surface area (Å²) in [5.41, 5.74) is 3.79. The number of anilines is 2. The van der Waals surface area contributed by atoms with E-state index in [2.05, 4.69) is 20.9 Å². The van der Waals surface area contributed by atoms with E-state index in [1.54, 1.807) is 6.92 Å². The first kappa shape index (κ1) is 20.4. The van der Waals surface area contributed by atoms with Crippen LogP contribution < -0.4 is 16.0 Å². The summed E-state index contributed by atoms with van der Waals surface area (Å²) in [5, 5.41) is 9.03. The van der Waals surface area contributed by atoms with Crippen molar-refractivity contribution in [2.75, 3.05) is 10.6 Å². The van der Waals surface area contributed by atoms with Gasteiger partial charge in [0.25, 0.3) is 5.91 Å². The van der Waals surface area contributed by atoms with E-state index in [0.29, 0.717) is 34.5 Å². The van der Waals surface area contributed by atoms with Crippen LogP contribution in [0, 0.1) is 5.82 Å². The van der Waals surface area contributed by atoms with Crippen LogP contribution in [0.4, 0.5) is 16.1 Å². The fourth-order valence-electron chi connectivity index (χ4n) is 3.67. The molecule has 33 heavy (non-hydrogen) atoms. The van der Waals surface area contributed by atoms with Crippen molar-refractivity contribution in [3.63, 3.8) is 0 Å². The number of hydrogen-bond donors (Lipinski definition) is 3. The zero-order valence-corrected chi connectivity index (χ0v) is 17.7. The number of nitrogens with one attached hydrogen (secondary N) is 3. The van der Waals surface area contributed by atoms with Gasteiger partial charge in [-0.25, -0.2) is 9.38 Å². The van der Waals surface area contributed by atoms with Crippen LogP contribution in [-0.4, -0.2) is 16.9 Å². The lowest BCUT2D eigenvalue weighted by atomic mass is 9.95. The molecule has 0 fully saturated rings. The Balaban J connectivity index is 1.46. The average molecular weight is 441 g/mol. The van der Waals surface area contributed by atoms with Crippen LogP contribution in [-0.2, 0) is 4.79 Å². The van der Waals surface area contributed by atoms with Gasteiger partial charge in [-0.3, -0.25) is 10.1 Å². The van der Waals surface area contributed by atoms with Crippen molar-refractivity contribution in [1.82, 2.24) is 10.3 Å². The highest BCUT2D eigenvalue weighted by Gasteiger charge is 2.29. The van der Waals surface area contributed by atoms with Gasteiger partial charge in [-0.05, 0) is 48.9 Å². The molecule has 8 heteroatoms. The highest BCUT2D eigenvalue weighted by molar-refractivity contribution is 6.07. The largest absolute Gasteiger partial charge is 0.423 e. The number of aromatic nitrogens is 1. The molecule has 0 spiro atoms. The number of carbonyl (C=O) groups is 1. The second kappa shape index (κ2) is 8.58. The second-order valence-corrected chi connectivity index (χ2v) is 7.53. The minimum atomic E-state index is -0.570. The number of nitrogens with zero attached hydrogens (tertiary/aromatic N) is 2. The summed E-state index contributed by atoms with van der Waals surface area (Å²) in [6.45, 7) is 1.80. The van der Waals surface area contributed by atoms with Crippen molar-refractivity contribution in [3.05, 3.63) is 102 Å². The van der Waals surface area contributed by atoms with Crippen LogP contribution in [0.15, 0.2) is 99.5 Å². The number of aliphatic imine (C=N–C) groups is 1. The van der Waals surface area contributed by atoms with Gasteiger partial charge in [-0.1, -0.05) is 42.5 Å². The molecule has 3 aromatic carbocycles. The van der Waals surface area contributed by atoms with E-state index in [9.17, 15) is 9.18 Å². The van der Waals surface area contributed by atoms with Crippen molar-refractivity contribution >= 4 is 34.7 Å². The molecular weight excluding hydrogens is 421 g/mol. The zero-order chi connectivity index (χ0) is 22.8. The van der Waals surface area contributed by atoms with Gasteiger partial charge in [0.05, 0.1) is 5.57 Å². The summed E-state index contributed by atoms with van der Waals surface area (Å²) in [6, 6.07) is 22.3. The van der Waals surface area contributed by atoms with Crippen LogP contribution >= 0.6 is 0 Å². The normalized spacial score (nSPS) is 15.7. The summed E-state index contributed by atoms with van der Waals surface area (Å²) < 4.78 is 19.0. The maximum Gasteiger partial charge on any atom is 0.302 e. The molecule has 1 unspecified atom stereocenters. The van der Waals surface area contributed by atoms with Gasteiger partial charge in [0.2, 0.25) is 5.96 Å². The Labute approximate surface area is 189 Å². The molecule has 0 bridgehead atoms. The Kier molecular flexibility index (Phi) is 5.32. The molecule has 0 aliphatic carbocycles. The Morgan fingerprint density at radius 2 is 1.73 bits per heavy atom. The molecule has 1 amide bonds. The molecule has 0 radical (unpaired) electrons. The molecule has 1 aliphatic heterocycles. The molecule has 1 atom stereocenters. The number of guanidine groups is 1. The lowest BCUT2D eigenvalue weighted by Crippen LogP contribution is -2.37. The van der Waals surface area contributed by atoms with Gasteiger partial charge >= 0.3 is 6.01 Å². The van der Waals surface area contributed by atoms with Crippen LogP contribution in [0.5, 0.6) is 0 Å². The average Bonchev–Trinajstić information content (AvgIpc) is 3.23. The summed E-state index contributed by atoms with van der Waals surface area (Å²) in [5.74, 6) is -0.291. The number of halogens is 1. The zero-order valence-electron chi connectivity index (χ0n) is 17.7. The molecule has 3 N–H and O–H groups in total. The molecule has 0 saturated heterocycles. The molecule has 1 aromatic heterocycles. The monoisotopic (exact) mass is 441 g/mol. The third-order valence-electron chi connectivity index (χ3n) is 5.22. The number of allylic oxidation sites excluding steroid dienone is 1. The number of fused-ring (bicyclic) bond motifs is 1. The number of amides is 1. The quantitative estimate of drug-likeness (QED) is 0.415. The first-order valence-corrected chi connectivity index (χ1v) is 10.4. The summed E-state index contributed by atoms with van der Waals surface area (Å²) >= 11 is 0. The maximum atomic E-state index is 13.2. The lowest BCUT2D eigenvalue weighted by molar-refractivity contribution is -0.113. The predicted octanol–water partition coefficient (Wildman–Crippen LogP) is 4.99. The number of rotatable bonds is 4. The molecule has 0 saturated carbocycles. The van der Waals surface area contributed by atoms with Gasteiger partial charge in [0.1, 0.15) is 17.4 Å². The molecular formula is C25H20FN5O2. The summed E-state index contributed by atoms with van der Waals surface area (Å²) in [6.07, 6.45) is 0. The predicted molar refractivity (Wildman–Crippen MR) is 125 cm³/mol. The van der Waals surface area contributed by atoms with Gasteiger partial charge < -0.3 is 15.1 Å². The van der Waals surface area contributed by atoms with Crippen molar-refractivity contribution < 1.29 is 13.6 Å². The summed E-state index contributed by atoms with van der Waals surface area (Å²) in [7, 11) is 0. The van der Waals surface area contributed by atoms with E-state index in [1.165, 1.54) is 24.3 Å². The van der Waals surface area contributed by atoms with Gasteiger partial charge in [-0.2, -0.15) is 4.98 Å². The topological polar surface area (TPSA) is 91.5 Å². The Morgan fingerprint density at radius 3 is 2.48 bits per heavy atom. The fraction of sp³-hybridized carbons (Fsp3) is 0.0800. The number of benzene rings is 3. The van der Waals surface area contributed by atoms with Crippen molar-refractivity contribution in [2.24, 2.45) is 4.99 Å². The third kappa shape index (κ3) is 4.31. The number of carbonyl (C=O) groups excluding carboxylic acids is 1. The Hall–Kier alpha value is -4.46. The summed E-state index contributed by atoms with van der Waals surface area (Å²) in [4.78, 5) is 22.4. The first-order chi connectivity index (χ1) is 16.1. The van der Waals surface area contributed by atoms with E-state index in [1.807, 2.05) is 54.6 Å². The van der Waals surface area contributed by atoms with Crippen LogP contribution in [0.25, 0.3) is 11.1 Å². The number of para-hydroxylation sites is 2. The van der Waals surface area contributed by atoms with E-state index in [4.69, 9.17) is 9.41 Å². The van der Waals surface area contributed by atoms with Crippen LogP contribution in [0.1, 0.15) is 18.5 Å². The standard InChI is InChI=1S/C25H20FN5O2/c1-15-21(23(32)28-18-13-11-17(26)12-14-18)22(16-7-3-2-4-8-16)30-24(27-15)31-25-29-19-9-5-6-10-20(19)33-25/h2-14,22H,1H3,(H,28,32)(H2,27,29,30,31). The third-order valence-corrected chi connectivity index (χ3v) is 5.22. The van der Waals surface area contributed by atoms with Gasteiger partial charge in [-0.15, -0.1) is 0 Å². The van der Waals surface area contributed by atoms with E-state index in [-0.39, 0.29) is 11.7 Å². The number of hydrogen-bond acceptors (Lipinski definition) is 6. The fourth-order valence-corrected chi connectivity index (χ4v) is 3.67. The molecule has 7 nitrogen and oxygen atoms in total. The SMILES string of the molecule is CC1=C(C(=O)Nc2ccc(F)cc2)C(c2ccccc2)N=C(Nc2nc3ccccc3o2)N1. The molecule has 5 rings (SSSR count). The van der Waals surface area contributed by atoms with Gasteiger partial charge in [0, 0.05) is 11.4 Å². The smallest absolute Gasteiger partial charge is 0.302 e. The highest BCUT2D eigenvalue weighted by Crippen LogP contribution is 2.31. The molecule has 4 aromatic rings. The van der Waals surface area contributed by atoms with Gasteiger partial charge in [0.15, 0.2) is 5.58 Å². The maximum absolute atomic E-state index is 13.2. The second-order valence-electron chi connectivity index (χ2n) is 7.53. The van der Waals surface area contributed by atoms with Crippen molar-refractivity contribution in [3.8, 4) is 0 Å². The van der Waals surface area contributed by atoms with E-state index >= 15 is 0 Å². The molecule has 2 heterocycles. The van der Waals surface area contributed by atoms with E-state index in [0.717, 1.165) is 11.1 Å². The van der Waals surface area contributed by atoms with Crippen molar-refractivity contribution in [1.29, 1.82) is 0 Å². The Bertz CT molecular complexity index is 1340. The van der Waals surface area contributed by atoms with Crippen molar-refractivity contribution in [2.45, 2.75) is 13.0 Å². The number of oxazole rings is 1. The minimum Gasteiger partial charge on any atom is -0.423 e. The first-order valence-electron chi connectivity index (χ1n) is 10.4. The van der Waals surface area contributed by atoms with Crippen LogP contribution in [0.3, 0.4) is 0 Å². The van der Waals surface area contributed by atoms with E-state index < -0.39 is 6.04 Å². The molecule has 164 valence electrons. The minimum absolute atomic E-state index is 0.293. The highest BCUT2D eigenvalue weighted by atomic mass is 19.1.